The number of nitrogens with one attached hydrogen (secondary N) is 1. The van der Waals surface area contributed by atoms with E-state index in [1.165, 1.54) is 32.1 Å². The van der Waals surface area contributed by atoms with Crippen LogP contribution in [0.4, 0.5) is 0 Å². The van der Waals surface area contributed by atoms with E-state index >= 15 is 0 Å². The number of carbonyl (C=O) groups excluding carboxylic acids is 1. The lowest BCUT2D eigenvalue weighted by Gasteiger charge is -2.27. The second kappa shape index (κ2) is 6.20. The average molecular weight is 291 g/mol. The van der Waals surface area contributed by atoms with E-state index in [0.29, 0.717) is 0 Å². The van der Waals surface area contributed by atoms with Crippen LogP contribution in [0.2, 0.25) is 0 Å². The standard InChI is InChI=1S/C17H25NO3/c19-16(18-13-6-4-2-1-3-5-7-13)14-11-8-9-12(10-11)15(14)17(20)21/h8-9,11-15H,1-7,10H2,(H,18,19)(H,20,21). The fourth-order valence-electron chi connectivity index (χ4n) is 4.41. The molecule has 2 fully saturated rings. The number of aliphatic carboxylic acids is 1. The highest BCUT2D eigenvalue weighted by Gasteiger charge is 2.51. The van der Waals surface area contributed by atoms with Gasteiger partial charge in [-0.2, -0.15) is 0 Å². The van der Waals surface area contributed by atoms with Gasteiger partial charge in [-0.15, -0.1) is 0 Å². The van der Waals surface area contributed by atoms with Gasteiger partial charge in [0.2, 0.25) is 5.91 Å². The molecule has 0 aromatic carbocycles. The molecule has 4 nitrogen and oxygen atoms in total. The molecule has 2 bridgehead atoms. The lowest BCUT2D eigenvalue weighted by molar-refractivity contribution is -0.148. The number of amides is 1. The molecule has 3 rings (SSSR count). The quantitative estimate of drug-likeness (QED) is 0.786. The molecule has 1 amide bonds. The molecule has 0 aliphatic heterocycles. The normalized spacial score (nSPS) is 36.2. The van der Waals surface area contributed by atoms with Gasteiger partial charge in [0.05, 0.1) is 11.8 Å². The van der Waals surface area contributed by atoms with E-state index in [-0.39, 0.29) is 29.7 Å². The van der Waals surface area contributed by atoms with E-state index in [4.69, 9.17) is 0 Å². The summed E-state index contributed by atoms with van der Waals surface area (Å²) in [7, 11) is 0. The Bertz CT molecular complexity index is 437. The average Bonchev–Trinajstić information content (AvgIpc) is 3.01. The summed E-state index contributed by atoms with van der Waals surface area (Å²) in [5.41, 5.74) is 0. The van der Waals surface area contributed by atoms with Gasteiger partial charge in [-0.05, 0) is 31.1 Å². The summed E-state index contributed by atoms with van der Waals surface area (Å²) in [6.45, 7) is 0. The molecule has 3 aliphatic rings. The Kier molecular flexibility index (Phi) is 4.32. The van der Waals surface area contributed by atoms with Crippen LogP contribution in [-0.2, 0) is 9.59 Å². The van der Waals surface area contributed by atoms with Crippen LogP contribution in [-0.4, -0.2) is 23.0 Å². The van der Waals surface area contributed by atoms with Crippen LogP contribution in [0.1, 0.15) is 51.4 Å². The Balaban J connectivity index is 1.64. The molecule has 0 saturated heterocycles. The highest BCUT2D eigenvalue weighted by molar-refractivity contribution is 5.87. The Morgan fingerprint density at radius 1 is 0.905 bits per heavy atom. The maximum absolute atomic E-state index is 12.6. The van der Waals surface area contributed by atoms with Gasteiger partial charge >= 0.3 is 5.97 Å². The zero-order valence-electron chi connectivity index (χ0n) is 12.5. The Morgan fingerprint density at radius 3 is 2.10 bits per heavy atom. The van der Waals surface area contributed by atoms with Crippen molar-refractivity contribution in [3.63, 3.8) is 0 Å². The number of allylic oxidation sites excluding steroid dienone is 2. The molecule has 2 saturated carbocycles. The van der Waals surface area contributed by atoms with Crippen LogP contribution in [0.25, 0.3) is 0 Å². The topological polar surface area (TPSA) is 66.4 Å². The second-order valence-electron chi connectivity index (χ2n) is 6.89. The fourth-order valence-corrected chi connectivity index (χ4v) is 4.41. The van der Waals surface area contributed by atoms with Crippen LogP contribution in [0.15, 0.2) is 12.2 Å². The van der Waals surface area contributed by atoms with Crippen LogP contribution >= 0.6 is 0 Å². The summed E-state index contributed by atoms with van der Waals surface area (Å²) in [6.07, 6.45) is 13.1. The van der Waals surface area contributed by atoms with Crippen LogP contribution < -0.4 is 5.32 Å². The van der Waals surface area contributed by atoms with E-state index in [2.05, 4.69) is 5.32 Å². The van der Waals surface area contributed by atoms with Gasteiger partial charge in [0.25, 0.3) is 0 Å². The minimum Gasteiger partial charge on any atom is -0.481 e. The zero-order valence-corrected chi connectivity index (χ0v) is 12.5. The fraction of sp³-hybridized carbons (Fsp3) is 0.765. The number of hydrogen-bond acceptors (Lipinski definition) is 2. The molecule has 0 spiro atoms. The molecule has 0 aromatic heterocycles. The lowest BCUT2D eigenvalue weighted by Crippen LogP contribution is -2.44. The number of fused-ring (bicyclic) bond motifs is 2. The van der Waals surface area contributed by atoms with Crippen LogP contribution in [0, 0.1) is 23.7 Å². The monoisotopic (exact) mass is 291 g/mol. The van der Waals surface area contributed by atoms with E-state index in [0.717, 1.165) is 19.3 Å². The molecular formula is C17H25NO3. The molecule has 4 atom stereocenters. The molecule has 3 aliphatic carbocycles. The minimum atomic E-state index is -0.815. The van der Waals surface area contributed by atoms with Gasteiger partial charge in [0, 0.05) is 6.04 Å². The zero-order chi connectivity index (χ0) is 14.8. The molecule has 4 unspecified atom stereocenters. The molecule has 116 valence electrons. The van der Waals surface area contributed by atoms with Crippen molar-refractivity contribution >= 4 is 11.9 Å². The molecule has 0 aromatic rings. The van der Waals surface area contributed by atoms with Crippen LogP contribution in [0.3, 0.4) is 0 Å². The minimum absolute atomic E-state index is 0.0233. The van der Waals surface area contributed by atoms with Crippen molar-refractivity contribution in [3.8, 4) is 0 Å². The van der Waals surface area contributed by atoms with Gasteiger partial charge < -0.3 is 10.4 Å². The summed E-state index contributed by atoms with van der Waals surface area (Å²) in [5.74, 6) is -1.53. The van der Waals surface area contributed by atoms with Crippen LogP contribution in [0.5, 0.6) is 0 Å². The molecule has 4 heteroatoms. The second-order valence-corrected chi connectivity index (χ2v) is 6.89. The van der Waals surface area contributed by atoms with Gasteiger partial charge in [0.15, 0.2) is 0 Å². The highest BCUT2D eigenvalue weighted by atomic mass is 16.4. The first kappa shape index (κ1) is 14.6. The van der Waals surface area contributed by atoms with Gasteiger partial charge in [0.1, 0.15) is 0 Å². The number of rotatable bonds is 3. The lowest BCUT2D eigenvalue weighted by atomic mass is 9.82. The van der Waals surface area contributed by atoms with Crippen molar-refractivity contribution in [2.24, 2.45) is 23.7 Å². The van der Waals surface area contributed by atoms with Crippen molar-refractivity contribution in [1.82, 2.24) is 5.32 Å². The smallest absolute Gasteiger partial charge is 0.307 e. The third kappa shape index (κ3) is 2.99. The van der Waals surface area contributed by atoms with Gasteiger partial charge in [-0.3, -0.25) is 9.59 Å². The van der Waals surface area contributed by atoms with Crippen molar-refractivity contribution in [3.05, 3.63) is 12.2 Å². The first-order valence-corrected chi connectivity index (χ1v) is 8.38. The molecule has 2 N–H and O–H groups in total. The van der Waals surface area contributed by atoms with Crippen molar-refractivity contribution < 1.29 is 14.7 Å². The summed E-state index contributed by atoms with van der Waals surface area (Å²) in [5, 5.41) is 12.6. The number of hydrogen-bond donors (Lipinski definition) is 2. The molecule has 0 heterocycles. The molecular weight excluding hydrogens is 266 g/mol. The summed E-state index contributed by atoms with van der Waals surface area (Å²) in [6, 6.07) is 0.246. The van der Waals surface area contributed by atoms with Gasteiger partial charge in [-0.1, -0.05) is 44.3 Å². The van der Waals surface area contributed by atoms with Crippen molar-refractivity contribution in [2.45, 2.75) is 57.4 Å². The summed E-state index contributed by atoms with van der Waals surface area (Å²) >= 11 is 0. The molecule has 0 radical (unpaired) electrons. The van der Waals surface area contributed by atoms with E-state index in [1.807, 2.05) is 12.2 Å². The first-order valence-electron chi connectivity index (χ1n) is 8.38. The Hall–Kier alpha value is -1.32. The maximum Gasteiger partial charge on any atom is 0.307 e. The third-order valence-electron chi connectivity index (χ3n) is 5.50. The van der Waals surface area contributed by atoms with Crippen molar-refractivity contribution in [2.75, 3.05) is 0 Å². The number of carboxylic acid groups (broad SMARTS) is 1. The number of carboxylic acids is 1. The summed E-state index contributed by atoms with van der Waals surface area (Å²) in [4.78, 5) is 24.1. The molecule has 21 heavy (non-hydrogen) atoms. The van der Waals surface area contributed by atoms with E-state index in [1.54, 1.807) is 0 Å². The maximum atomic E-state index is 12.6. The number of carbonyl (C=O) groups is 2. The van der Waals surface area contributed by atoms with E-state index < -0.39 is 11.9 Å². The predicted molar refractivity (Wildman–Crippen MR) is 79.6 cm³/mol. The third-order valence-corrected chi connectivity index (χ3v) is 5.50. The Morgan fingerprint density at radius 2 is 1.48 bits per heavy atom. The largest absolute Gasteiger partial charge is 0.481 e. The first-order chi connectivity index (χ1) is 10.2. The Labute approximate surface area is 126 Å². The summed E-state index contributed by atoms with van der Waals surface area (Å²) < 4.78 is 0. The SMILES string of the molecule is O=C(O)C1C2C=CC(C2)C1C(=O)NC1CCCCCCC1. The van der Waals surface area contributed by atoms with E-state index in [9.17, 15) is 14.7 Å². The predicted octanol–water partition coefficient (Wildman–Crippen LogP) is 2.74. The highest BCUT2D eigenvalue weighted by Crippen LogP contribution is 2.48. The van der Waals surface area contributed by atoms with Gasteiger partial charge in [-0.25, -0.2) is 0 Å². The van der Waals surface area contributed by atoms with Crippen molar-refractivity contribution in [1.29, 1.82) is 0 Å².